The number of rotatable bonds is 5. The van der Waals surface area contributed by atoms with Crippen molar-refractivity contribution in [3.8, 4) is 5.75 Å². The number of amides is 1. The van der Waals surface area contributed by atoms with Gasteiger partial charge in [-0.2, -0.15) is 0 Å². The molecule has 0 N–H and O–H groups in total. The fourth-order valence-electron chi connectivity index (χ4n) is 2.79. The number of ether oxygens (including phenoxy) is 1. The van der Waals surface area contributed by atoms with Crippen LogP contribution in [0.3, 0.4) is 0 Å². The second kappa shape index (κ2) is 7.74. The lowest BCUT2D eigenvalue weighted by atomic mass is 10.2. The van der Waals surface area contributed by atoms with Crippen molar-refractivity contribution >= 4 is 32.6 Å². The van der Waals surface area contributed by atoms with Gasteiger partial charge in [0.25, 0.3) is 5.91 Å². The average Bonchev–Trinajstić information content (AvgIpc) is 3.15. The molecular weight excluding hydrogens is 377 g/mol. The number of methoxy groups -OCH3 is 1. The summed E-state index contributed by atoms with van der Waals surface area (Å²) in [6.07, 6.45) is 1.67. The summed E-state index contributed by atoms with van der Waals surface area (Å²) in [4.78, 5) is 23.6. The van der Waals surface area contributed by atoms with Gasteiger partial charge in [-0.15, -0.1) is 0 Å². The summed E-state index contributed by atoms with van der Waals surface area (Å²) in [6, 6.07) is 16.7. The summed E-state index contributed by atoms with van der Waals surface area (Å²) >= 11 is 1.39. The Morgan fingerprint density at radius 2 is 2.04 bits per heavy atom. The standard InChI is InChI=1S/C21H16FN3O2S/c1-27-17-8-9-19-18(12-17)24-21(28-19)25(13-16-7-2-3-10-23-16)20(26)14-5-4-6-15(22)11-14/h2-12H,13H2,1H3. The number of carbonyl (C=O) groups is 1. The van der Waals surface area contributed by atoms with Gasteiger partial charge in [0.05, 0.1) is 29.6 Å². The number of hydrogen-bond acceptors (Lipinski definition) is 5. The van der Waals surface area contributed by atoms with Crippen LogP contribution in [0.4, 0.5) is 9.52 Å². The van der Waals surface area contributed by atoms with Gasteiger partial charge < -0.3 is 4.74 Å². The summed E-state index contributed by atoms with van der Waals surface area (Å²) < 4.78 is 19.8. The van der Waals surface area contributed by atoms with Crippen LogP contribution in [0.15, 0.2) is 66.9 Å². The Hall–Kier alpha value is -3.32. The highest BCUT2D eigenvalue weighted by Gasteiger charge is 2.22. The molecule has 0 aliphatic carbocycles. The minimum atomic E-state index is -0.460. The molecule has 0 unspecified atom stereocenters. The van der Waals surface area contributed by atoms with Gasteiger partial charge in [-0.1, -0.05) is 23.5 Å². The summed E-state index contributed by atoms with van der Waals surface area (Å²) in [5.74, 6) is -0.106. The van der Waals surface area contributed by atoms with Crippen LogP contribution in [0.2, 0.25) is 0 Å². The van der Waals surface area contributed by atoms with Crippen LogP contribution in [0, 0.1) is 5.82 Å². The molecule has 4 aromatic rings. The van der Waals surface area contributed by atoms with E-state index in [-0.39, 0.29) is 18.0 Å². The van der Waals surface area contributed by atoms with Crippen molar-refractivity contribution in [2.45, 2.75) is 6.54 Å². The highest BCUT2D eigenvalue weighted by molar-refractivity contribution is 7.22. The third kappa shape index (κ3) is 3.70. The van der Waals surface area contributed by atoms with Gasteiger partial charge in [0.1, 0.15) is 11.6 Å². The van der Waals surface area contributed by atoms with E-state index in [1.165, 1.54) is 34.4 Å². The molecule has 0 saturated carbocycles. The van der Waals surface area contributed by atoms with Gasteiger partial charge in [-0.3, -0.25) is 14.7 Å². The summed E-state index contributed by atoms with van der Waals surface area (Å²) in [7, 11) is 1.59. The van der Waals surface area contributed by atoms with Crippen LogP contribution in [0.5, 0.6) is 5.75 Å². The number of aromatic nitrogens is 2. The molecule has 0 spiro atoms. The first kappa shape index (κ1) is 18.1. The van der Waals surface area contributed by atoms with Gasteiger partial charge in [0.15, 0.2) is 5.13 Å². The molecule has 2 heterocycles. The molecule has 0 bridgehead atoms. The number of thiazole rings is 1. The summed E-state index contributed by atoms with van der Waals surface area (Å²) in [6.45, 7) is 0.229. The number of carbonyl (C=O) groups excluding carboxylic acids is 1. The molecule has 2 aromatic heterocycles. The number of fused-ring (bicyclic) bond motifs is 1. The summed E-state index contributed by atoms with van der Waals surface area (Å²) in [5, 5.41) is 0.517. The summed E-state index contributed by atoms with van der Waals surface area (Å²) in [5.41, 5.74) is 1.70. The minimum absolute atomic E-state index is 0.229. The van der Waals surface area contributed by atoms with Gasteiger partial charge >= 0.3 is 0 Å². The second-order valence-electron chi connectivity index (χ2n) is 6.05. The molecule has 0 aliphatic heterocycles. The van der Waals surface area contributed by atoms with Gasteiger partial charge in [-0.25, -0.2) is 9.37 Å². The van der Waals surface area contributed by atoms with E-state index < -0.39 is 5.82 Å². The van der Waals surface area contributed by atoms with E-state index in [1.807, 2.05) is 36.4 Å². The van der Waals surface area contributed by atoms with Crippen molar-refractivity contribution in [1.82, 2.24) is 9.97 Å². The molecule has 4 rings (SSSR count). The minimum Gasteiger partial charge on any atom is -0.497 e. The lowest BCUT2D eigenvalue weighted by Crippen LogP contribution is -2.30. The van der Waals surface area contributed by atoms with Crippen LogP contribution in [0.25, 0.3) is 10.2 Å². The van der Waals surface area contributed by atoms with Crippen LogP contribution in [-0.2, 0) is 6.54 Å². The van der Waals surface area contributed by atoms with Crippen molar-refractivity contribution in [2.75, 3.05) is 12.0 Å². The highest BCUT2D eigenvalue weighted by Crippen LogP contribution is 2.32. The first-order valence-corrected chi connectivity index (χ1v) is 9.37. The maximum Gasteiger partial charge on any atom is 0.260 e. The Balaban J connectivity index is 1.77. The van der Waals surface area contributed by atoms with E-state index in [0.29, 0.717) is 16.6 Å². The maximum absolute atomic E-state index is 13.7. The quantitative estimate of drug-likeness (QED) is 0.494. The van der Waals surface area contributed by atoms with Crippen LogP contribution in [-0.4, -0.2) is 23.0 Å². The van der Waals surface area contributed by atoms with Crippen molar-refractivity contribution in [2.24, 2.45) is 0 Å². The van der Waals surface area contributed by atoms with E-state index >= 15 is 0 Å². The first-order valence-electron chi connectivity index (χ1n) is 8.56. The third-order valence-electron chi connectivity index (χ3n) is 4.18. The fraction of sp³-hybridized carbons (Fsp3) is 0.0952. The number of hydrogen-bond donors (Lipinski definition) is 0. The Morgan fingerprint density at radius 1 is 1.14 bits per heavy atom. The van der Waals surface area contributed by atoms with Crippen molar-refractivity contribution < 1.29 is 13.9 Å². The van der Waals surface area contributed by atoms with Gasteiger partial charge in [-0.05, 0) is 42.5 Å². The topological polar surface area (TPSA) is 55.3 Å². The Bertz CT molecular complexity index is 1130. The predicted octanol–water partition coefficient (Wildman–Crippen LogP) is 4.69. The van der Waals surface area contributed by atoms with Crippen molar-refractivity contribution in [3.63, 3.8) is 0 Å². The van der Waals surface area contributed by atoms with Gasteiger partial charge in [0.2, 0.25) is 0 Å². The highest BCUT2D eigenvalue weighted by atomic mass is 32.1. The number of nitrogens with zero attached hydrogens (tertiary/aromatic N) is 3. The van der Waals surface area contributed by atoms with Crippen molar-refractivity contribution in [1.29, 1.82) is 0 Å². The van der Waals surface area contributed by atoms with Crippen LogP contribution < -0.4 is 9.64 Å². The Kier molecular flexibility index (Phi) is 4.99. The van der Waals surface area contributed by atoms with Gasteiger partial charge in [0, 0.05) is 17.8 Å². The zero-order valence-corrected chi connectivity index (χ0v) is 15.8. The lowest BCUT2D eigenvalue weighted by Gasteiger charge is -2.19. The first-order chi connectivity index (χ1) is 13.6. The number of halogens is 1. The predicted molar refractivity (Wildman–Crippen MR) is 107 cm³/mol. The molecule has 1 amide bonds. The smallest absolute Gasteiger partial charge is 0.260 e. The molecule has 0 fully saturated rings. The third-order valence-corrected chi connectivity index (χ3v) is 5.24. The number of anilines is 1. The normalized spacial score (nSPS) is 10.8. The molecule has 0 saturated heterocycles. The second-order valence-corrected chi connectivity index (χ2v) is 7.06. The fourth-order valence-corrected chi connectivity index (χ4v) is 3.74. The molecule has 0 aliphatic rings. The Labute approximate surface area is 165 Å². The molecule has 140 valence electrons. The molecule has 5 nitrogen and oxygen atoms in total. The van der Waals surface area contributed by atoms with Crippen LogP contribution in [0.1, 0.15) is 16.1 Å². The average molecular weight is 393 g/mol. The zero-order valence-electron chi connectivity index (χ0n) is 15.0. The van der Waals surface area contributed by atoms with E-state index in [2.05, 4.69) is 9.97 Å². The molecule has 7 heteroatoms. The maximum atomic E-state index is 13.7. The number of benzene rings is 2. The largest absolute Gasteiger partial charge is 0.497 e. The molecule has 0 radical (unpaired) electrons. The van der Waals surface area contributed by atoms with E-state index in [4.69, 9.17) is 4.74 Å². The molecule has 2 aromatic carbocycles. The van der Waals surface area contributed by atoms with E-state index in [0.717, 1.165) is 10.2 Å². The SMILES string of the molecule is COc1ccc2sc(N(Cc3ccccn3)C(=O)c3cccc(F)c3)nc2c1. The molecular formula is C21H16FN3O2S. The van der Waals surface area contributed by atoms with E-state index in [1.54, 1.807) is 19.4 Å². The monoisotopic (exact) mass is 393 g/mol. The molecule has 0 atom stereocenters. The van der Waals surface area contributed by atoms with Crippen molar-refractivity contribution in [3.05, 3.63) is 83.9 Å². The zero-order chi connectivity index (χ0) is 19.5. The van der Waals surface area contributed by atoms with E-state index in [9.17, 15) is 9.18 Å². The lowest BCUT2D eigenvalue weighted by molar-refractivity contribution is 0.0984. The van der Waals surface area contributed by atoms with Crippen LogP contribution >= 0.6 is 11.3 Å². The molecule has 28 heavy (non-hydrogen) atoms. The Morgan fingerprint density at radius 3 is 2.79 bits per heavy atom. The number of pyridine rings is 1.